The number of aliphatic carboxylic acids is 1. The smallest absolute Gasteiger partial charge is 0.307 e. The van der Waals surface area contributed by atoms with E-state index in [-0.39, 0.29) is 11.8 Å². The van der Waals surface area contributed by atoms with Gasteiger partial charge in [-0.1, -0.05) is 45.0 Å². The Labute approximate surface area is 143 Å². The van der Waals surface area contributed by atoms with Gasteiger partial charge in [-0.25, -0.2) is 0 Å². The maximum atomic E-state index is 10.7. The average Bonchev–Trinajstić information content (AvgIpc) is 2.52. The molecule has 0 spiro atoms. The van der Waals surface area contributed by atoms with Gasteiger partial charge in [0, 0.05) is 5.56 Å². The summed E-state index contributed by atoms with van der Waals surface area (Å²) < 4.78 is 11.3. The van der Waals surface area contributed by atoms with Crippen molar-refractivity contribution in [2.75, 3.05) is 7.11 Å². The number of carboxylic acid groups (broad SMARTS) is 1. The van der Waals surface area contributed by atoms with Gasteiger partial charge in [0.05, 0.1) is 13.5 Å². The Kier molecular flexibility index (Phi) is 5.50. The van der Waals surface area contributed by atoms with Crippen molar-refractivity contribution >= 4 is 5.97 Å². The number of carbonyl (C=O) groups is 1. The number of hydrogen-bond donors (Lipinski definition) is 1. The first-order valence-electron chi connectivity index (χ1n) is 7.90. The Bertz CT molecular complexity index is 697. The zero-order chi connectivity index (χ0) is 17.7. The number of hydrogen-bond acceptors (Lipinski definition) is 3. The molecule has 0 heterocycles. The van der Waals surface area contributed by atoms with Crippen molar-refractivity contribution in [2.45, 2.75) is 39.2 Å². The molecular formula is C20H24O4. The highest BCUT2D eigenvalue weighted by Gasteiger charge is 2.20. The minimum absolute atomic E-state index is 0.0355. The Morgan fingerprint density at radius 3 is 2.21 bits per heavy atom. The van der Waals surface area contributed by atoms with Crippen LogP contribution in [0.5, 0.6) is 11.5 Å². The molecule has 2 aromatic carbocycles. The number of ether oxygens (including phenoxy) is 2. The average molecular weight is 328 g/mol. The third-order valence-corrected chi connectivity index (χ3v) is 3.77. The van der Waals surface area contributed by atoms with E-state index < -0.39 is 5.97 Å². The second-order valence-corrected chi connectivity index (χ2v) is 6.79. The lowest BCUT2D eigenvalue weighted by Crippen LogP contribution is -2.13. The largest absolute Gasteiger partial charge is 0.497 e. The van der Waals surface area contributed by atoms with Crippen molar-refractivity contribution in [3.05, 3.63) is 59.2 Å². The summed E-state index contributed by atoms with van der Waals surface area (Å²) in [6.45, 7) is 6.84. The van der Waals surface area contributed by atoms with Crippen LogP contribution >= 0.6 is 0 Å². The van der Waals surface area contributed by atoms with E-state index in [1.807, 2.05) is 42.5 Å². The Hall–Kier alpha value is -2.49. The SMILES string of the molecule is COc1ccc(OCc2ccc(CC(=O)O)cc2)c(C(C)(C)C)c1. The summed E-state index contributed by atoms with van der Waals surface area (Å²) in [7, 11) is 1.65. The number of rotatable bonds is 6. The summed E-state index contributed by atoms with van der Waals surface area (Å²) in [5.74, 6) is 0.815. The quantitative estimate of drug-likeness (QED) is 0.863. The van der Waals surface area contributed by atoms with Gasteiger partial charge >= 0.3 is 5.97 Å². The summed E-state index contributed by atoms with van der Waals surface area (Å²) in [5.41, 5.74) is 2.81. The molecule has 0 saturated heterocycles. The molecule has 0 saturated carbocycles. The molecule has 0 fully saturated rings. The highest BCUT2D eigenvalue weighted by molar-refractivity contribution is 5.70. The first kappa shape index (κ1) is 17.9. The fourth-order valence-electron chi connectivity index (χ4n) is 2.44. The fraction of sp³-hybridized carbons (Fsp3) is 0.350. The van der Waals surface area contributed by atoms with Crippen LogP contribution in [-0.2, 0) is 23.2 Å². The second kappa shape index (κ2) is 7.39. The van der Waals surface area contributed by atoms with Crippen molar-refractivity contribution in [3.8, 4) is 11.5 Å². The van der Waals surface area contributed by atoms with Crippen LogP contribution in [0.1, 0.15) is 37.5 Å². The highest BCUT2D eigenvalue weighted by Crippen LogP contribution is 2.34. The lowest BCUT2D eigenvalue weighted by Gasteiger charge is -2.23. The summed E-state index contributed by atoms with van der Waals surface area (Å²) in [4.78, 5) is 10.7. The molecule has 128 valence electrons. The summed E-state index contributed by atoms with van der Waals surface area (Å²) in [6.07, 6.45) is 0.0355. The standard InChI is InChI=1S/C20H24O4/c1-20(2,3)17-12-16(23-4)9-10-18(17)24-13-15-7-5-14(6-8-15)11-19(21)22/h5-10,12H,11,13H2,1-4H3,(H,21,22). The maximum absolute atomic E-state index is 10.7. The third kappa shape index (κ3) is 4.75. The van der Waals surface area contributed by atoms with Crippen LogP contribution in [0.4, 0.5) is 0 Å². The zero-order valence-electron chi connectivity index (χ0n) is 14.6. The predicted octanol–water partition coefficient (Wildman–Crippen LogP) is 4.20. The van der Waals surface area contributed by atoms with Crippen LogP contribution in [0.15, 0.2) is 42.5 Å². The molecule has 0 unspecified atom stereocenters. The van der Waals surface area contributed by atoms with Crippen molar-refractivity contribution in [1.82, 2.24) is 0 Å². The molecular weight excluding hydrogens is 304 g/mol. The lowest BCUT2D eigenvalue weighted by atomic mass is 9.86. The van der Waals surface area contributed by atoms with Crippen LogP contribution in [0.25, 0.3) is 0 Å². The molecule has 4 heteroatoms. The van der Waals surface area contributed by atoms with Crippen LogP contribution in [0, 0.1) is 0 Å². The predicted molar refractivity (Wildman–Crippen MR) is 93.8 cm³/mol. The molecule has 4 nitrogen and oxygen atoms in total. The molecule has 0 atom stereocenters. The summed E-state index contributed by atoms with van der Waals surface area (Å²) in [5, 5.41) is 8.80. The Morgan fingerprint density at radius 2 is 1.67 bits per heavy atom. The molecule has 2 rings (SSSR count). The molecule has 0 bridgehead atoms. The number of benzene rings is 2. The van der Waals surface area contributed by atoms with E-state index in [0.29, 0.717) is 6.61 Å². The molecule has 0 amide bonds. The van der Waals surface area contributed by atoms with Gasteiger partial charge in [0.15, 0.2) is 0 Å². The normalized spacial score (nSPS) is 11.2. The van der Waals surface area contributed by atoms with E-state index in [1.165, 1.54) is 0 Å². The number of methoxy groups -OCH3 is 1. The molecule has 0 aromatic heterocycles. The Balaban J connectivity index is 2.12. The van der Waals surface area contributed by atoms with Gasteiger partial charge in [0.25, 0.3) is 0 Å². The summed E-state index contributed by atoms with van der Waals surface area (Å²) in [6, 6.07) is 13.3. The first-order valence-corrected chi connectivity index (χ1v) is 7.90. The van der Waals surface area contributed by atoms with Crippen LogP contribution in [0.2, 0.25) is 0 Å². The van der Waals surface area contributed by atoms with Crippen molar-refractivity contribution in [2.24, 2.45) is 0 Å². The molecule has 0 radical (unpaired) electrons. The van der Waals surface area contributed by atoms with E-state index in [9.17, 15) is 4.79 Å². The van der Waals surface area contributed by atoms with E-state index in [2.05, 4.69) is 20.8 Å². The van der Waals surface area contributed by atoms with Crippen LogP contribution < -0.4 is 9.47 Å². The molecule has 0 aliphatic rings. The van der Waals surface area contributed by atoms with Crippen molar-refractivity contribution in [1.29, 1.82) is 0 Å². The second-order valence-electron chi connectivity index (χ2n) is 6.79. The van der Waals surface area contributed by atoms with Crippen LogP contribution in [0.3, 0.4) is 0 Å². The molecule has 0 aliphatic carbocycles. The molecule has 24 heavy (non-hydrogen) atoms. The van der Waals surface area contributed by atoms with E-state index in [0.717, 1.165) is 28.2 Å². The zero-order valence-corrected chi connectivity index (χ0v) is 14.6. The van der Waals surface area contributed by atoms with E-state index in [1.54, 1.807) is 7.11 Å². The van der Waals surface area contributed by atoms with Gasteiger partial charge in [-0.2, -0.15) is 0 Å². The van der Waals surface area contributed by atoms with Gasteiger partial charge < -0.3 is 14.6 Å². The van der Waals surface area contributed by atoms with Gasteiger partial charge in [-0.3, -0.25) is 4.79 Å². The minimum atomic E-state index is -0.827. The fourth-order valence-corrected chi connectivity index (χ4v) is 2.44. The number of carboxylic acids is 1. The van der Waals surface area contributed by atoms with Gasteiger partial charge in [0.1, 0.15) is 18.1 Å². The lowest BCUT2D eigenvalue weighted by molar-refractivity contribution is -0.136. The molecule has 1 N–H and O–H groups in total. The maximum Gasteiger partial charge on any atom is 0.307 e. The Morgan fingerprint density at radius 1 is 1.04 bits per heavy atom. The van der Waals surface area contributed by atoms with Gasteiger partial charge in [-0.15, -0.1) is 0 Å². The van der Waals surface area contributed by atoms with Gasteiger partial charge in [-0.05, 0) is 34.7 Å². The minimum Gasteiger partial charge on any atom is -0.497 e. The van der Waals surface area contributed by atoms with Crippen molar-refractivity contribution < 1.29 is 19.4 Å². The first-order chi connectivity index (χ1) is 11.3. The molecule has 0 aliphatic heterocycles. The highest BCUT2D eigenvalue weighted by atomic mass is 16.5. The summed E-state index contributed by atoms with van der Waals surface area (Å²) >= 11 is 0. The van der Waals surface area contributed by atoms with E-state index in [4.69, 9.17) is 14.6 Å². The van der Waals surface area contributed by atoms with E-state index >= 15 is 0 Å². The van der Waals surface area contributed by atoms with Crippen molar-refractivity contribution in [3.63, 3.8) is 0 Å². The van der Waals surface area contributed by atoms with Gasteiger partial charge in [0.2, 0.25) is 0 Å². The van der Waals surface area contributed by atoms with Crippen LogP contribution in [-0.4, -0.2) is 18.2 Å². The monoisotopic (exact) mass is 328 g/mol. The third-order valence-electron chi connectivity index (χ3n) is 3.77. The molecule has 2 aromatic rings. The topological polar surface area (TPSA) is 55.8 Å².